The molecule has 0 aliphatic carbocycles. The molecular formula is C32H32N2O4. The van der Waals surface area contributed by atoms with E-state index in [9.17, 15) is 9.59 Å². The predicted molar refractivity (Wildman–Crippen MR) is 151 cm³/mol. The Bertz CT molecular complexity index is 1240. The fourth-order valence-electron chi connectivity index (χ4n) is 4.17. The van der Waals surface area contributed by atoms with Crippen LogP contribution >= 0.6 is 0 Å². The van der Waals surface area contributed by atoms with Crippen LogP contribution in [0.25, 0.3) is 0 Å². The van der Waals surface area contributed by atoms with Gasteiger partial charge in [0.2, 0.25) is 0 Å². The van der Waals surface area contributed by atoms with Crippen LogP contribution in [0.2, 0.25) is 0 Å². The van der Waals surface area contributed by atoms with Gasteiger partial charge in [0, 0.05) is 24.5 Å². The molecule has 0 saturated heterocycles. The average Bonchev–Trinajstić information content (AvgIpc) is 2.95. The van der Waals surface area contributed by atoms with E-state index in [0.717, 1.165) is 22.5 Å². The number of carbonyl (C=O) groups excluding carboxylic acids is 2. The van der Waals surface area contributed by atoms with Crippen LogP contribution in [0.3, 0.4) is 0 Å². The molecule has 6 heteroatoms. The largest absolute Gasteiger partial charge is 0.484 e. The summed E-state index contributed by atoms with van der Waals surface area (Å²) < 4.78 is 11.5. The standard InChI is InChI=1S/C32H32N2O4/c1-25-13-9-11-19-29(25)33(31(35)23-37-27-15-5-3-6-16-27)21-22-34(30-20-12-10-14-26(30)2)32(36)24-38-28-17-7-4-8-18-28/h3-20H,21-24H2,1-2H3. The second-order valence-electron chi connectivity index (χ2n) is 8.87. The normalized spacial score (nSPS) is 10.5. The molecule has 0 atom stereocenters. The van der Waals surface area contributed by atoms with Crippen molar-refractivity contribution in [1.82, 2.24) is 0 Å². The van der Waals surface area contributed by atoms with E-state index in [1.165, 1.54) is 0 Å². The van der Waals surface area contributed by atoms with E-state index in [0.29, 0.717) is 11.5 Å². The second-order valence-corrected chi connectivity index (χ2v) is 8.87. The zero-order chi connectivity index (χ0) is 26.7. The number of para-hydroxylation sites is 4. The van der Waals surface area contributed by atoms with Crippen molar-refractivity contribution in [2.75, 3.05) is 36.1 Å². The lowest BCUT2D eigenvalue weighted by atomic mass is 10.1. The van der Waals surface area contributed by atoms with Gasteiger partial charge in [-0.05, 0) is 61.4 Å². The number of aryl methyl sites for hydroxylation is 2. The van der Waals surface area contributed by atoms with Crippen molar-refractivity contribution >= 4 is 23.2 Å². The van der Waals surface area contributed by atoms with Crippen molar-refractivity contribution in [2.24, 2.45) is 0 Å². The first-order chi connectivity index (χ1) is 18.5. The monoisotopic (exact) mass is 508 g/mol. The van der Waals surface area contributed by atoms with Crippen LogP contribution in [-0.2, 0) is 9.59 Å². The molecule has 6 nitrogen and oxygen atoms in total. The molecule has 4 aromatic rings. The summed E-state index contributed by atoms with van der Waals surface area (Å²) in [7, 11) is 0. The first kappa shape index (κ1) is 26.5. The number of benzene rings is 4. The highest BCUT2D eigenvalue weighted by molar-refractivity contribution is 5.97. The summed E-state index contributed by atoms with van der Waals surface area (Å²) in [6, 6.07) is 33.9. The van der Waals surface area contributed by atoms with Crippen LogP contribution in [0.15, 0.2) is 109 Å². The Hall–Kier alpha value is -4.58. The number of carbonyl (C=O) groups is 2. The third kappa shape index (κ3) is 7.01. The van der Waals surface area contributed by atoms with Gasteiger partial charge in [-0.25, -0.2) is 0 Å². The number of nitrogens with zero attached hydrogens (tertiary/aromatic N) is 2. The number of hydrogen-bond donors (Lipinski definition) is 0. The molecule has 0 aromatic heterocycles. The van der Waals surface area contributed by atoms with E-state index in [1.807, 2.05) is 123 Å². The van der Waals surface area contributed by atoms with Gasteiger partial charge in [-0.15, -0.1) is 0 Å². The molecule has 4 rings (SSSR count). The highest BCUT2D eigenvalue weighted by Gasteiger charge is 2.23. The Morgan fingerprint density at radius 1 is 0.526 bits per heavy atom. The van der Waals surface area contributed by atoms with Gasteiger partial charge in [0.05, 0.1) is 0 Å². The molecule has 0 aliphatic heterocycles. The minimum Gasteiger partial charge on any atom is -0.484 e. The van der Waals surface area contributed by atoms with Gasteiger partial charge in [0.15, 0.2) is 13.2 Å². The summed E-state index contributed by atoms with van der Waals surface area (Å²) in [5.74, 6) is 0.863. The summed E-state index contributed by atoms with van der Waals surface area (Å²) in [4.78, 5) is 30.3. The summed E-state index contributed by atoms with van der Waals surface area (Å²) in [5, 5.41) is 0. The molecule has 0 spiro atoms. The van der Waals surface area contributed by atoms with Crippen molar-refractivity contribution in [2.45, 2.75) is 13.8 Å². The Labute approximate surface area is 224 Å². The fraction of sp³-hybridized carbons (Fsp3) is 0.188. The lowest BCUT2D eigenvalue weighted by Gasteiger charge is -2.30. The van der Waals surface area contributed by atoms with Gasteiger partial charge in [0.1, 0.15) is 11.5 Å². The Kier molecular flexibility index (Phi) is 9.13. The first-order valence-electron chi connectivity index (χ1n) is 12.6. The number of anilines is 2. The molecule has 0 aliphatic rings. The molecule has 194 valence electrons. The molecule has 0 saturated carbocycles. The zero-order valence-electron chi connectivity index (χ0n) is 21.7. The molecule has 4 aromatic carbocycles. The fourth-order valence-corrected chi connectivity index (χ4v) is 4.17. The molecule has 0 unspecified atom stereocenters. The first-order valence-corrected chi connectivity index (χ1v) is 12.6. The zero-order valence-corrected chi connectivity index (χ0v) is 21.7. The lowest BCUT2D eigenvalue weighted by molar-refractivity contribution is -0.122. The lowest BCUT2D eigenvalue weighted by Crippen LogP contribution is -2.44. The molecule has 0 radical (unpaired) electrons. The molecule has 0 bridgehead atoms. The smallest absolute Gasteiger partial charge is 0.264 e. The summed E-state index contributed by atoms with van der Waals surface area (Å²) >= 11 is 0. The topological polar surface area (TPSA) is 59.1 Å². The number of ether oxygens (including phenoxy) is 2. The highest BCUT2D eigenvalue weighted by atomic mass is 16.5. The summed E-state index contributed by atoms with van der Waals surface area (Å²) in [6.07, 6.45) is 0. The van der Waals surface area contributed by atoms with Crippen molar-refractivity contribution in [3.8, 4) is 11.5 Å². The minimum absolute atomic E-state index is 0.117. The van der Waals surface area contributed by atoms with Gasteiger partial charge < -0.3 is 19.3 Å². The van der Waals surface area contributed by atoms with E-state index in [-0.39, 0.29) is 38.1 Å². The van der Waals surface area contributed by atoms with Crippen LogP contribution < -0.4 is 19.3 Å². The van der Waals surface area contributed by atoms with Crippen LogP contribution in [-0.4, -0.2) is 38.1 Å². The van der Waals surface area contributed by atoms with E-state index in [2.05, 4.69) is 0 Å². The van der Waals surface area contributed by atoms with Gasteiger partial charge in [0.25, 0.3) is 11.8 Å². The summed E-state index contributed by atoms with van der Waals surface area (Å²) in [5.41, 5.74) is 3.49. The van der Waals surface area contributed by atoms with E-state index in [4.69, 9.17) is 9.47 Å². The second kappa shape index (κ2) is 13.1. The quantitative estimate of drug-likeness (QED) is 0.256. The molecular weight excluding hydrogens is 476 g/mol. The maximum atomic E-state index is 13.4. The van der Waals surface area contributed by atoms with E-state index in [1.54, 1.807) is 9.80 Å². The van der Waals surface area contributed by atoms with Crippen molar-refractivity contribution in [1.29, 1.82) is 0 Å². The number of amides is 2. The molecule has 0 heterocycles. The van der Waals surface area contributed by atoms with Crippen molar-refractivity contribution in [3.63, 3.8) is 0 Å². The maximum Gasteiger partial charge on any atom is 0.264 e. The van der Waals surface area contributed by atoms with Gasteiger partial charge in [-0.3, -0.25) is 9.59 Å². The highest BCUT2D eigenvalue weighted by Crippen LogP contribution is 2.23. The minimum atomic E-state index is -0.194. The van der Waals surface area contributed by atoms with Crippen LogP contribution in [0.4, 0.5) is 11.4 Å². The van der Waals surface area contributed by atoms with Crippen LogP contribution in [0.1, 0.15) is 11.1 Å². The predicted octanol–water partition coefficient (Wildman–Crippen LogP) is 5.83. The molecule has 0 N–H and O–H groups in total. The van der Waals surface area contributed by atoms with Crippen LogP contribution in [0.5, 0.6) is 11.5 Å². The van der Waals surface area contributed by atoms with E-state index < -0.39 is 0 Å². The Morgan fingerprint density at radius 2 is 0.868 bits per heavy atom. The molecule has 2 amide bonds. The third-order valence-corrected chi connectivity index (χ3v) is 6.17. The molecule has 38 heavy (non-hydrogen) atoms. The molecule has 0 fully saturated rings. The van der Waals surface area contributed by atoms with Crippen molar-refractivity contribution < 1.29 is 19.1 Å². The van der Waals surface area contributed by atoms with Gasteiger partial charge >= 0.3 is 0 Å². The Morgan fingerprint density at radius 3 is 1.24 bits per heavy atom. The maximum absolute atomic E-state index is 13.4. The van der Waals surface area contributed by atoms with Crippen molar-refractivity contribution in [3.05, 3.63) is 120 Å². The Balaban J connectivity index is 1.54. The number of hydrogen-bond acceptors (Lipinski definition) is 4. The van der Waals surface area contributed by atoms with E-state index >= 15 is 0 Å². The summed E-state index contributed by atoms with van der Waals surface area (Å²) in [6.45, 7) is 4.26. The SMILES string of the molecule is Cc1ccccc1N(CCN(C(=O)COc1ccccc1)c1ccccc1C)C(=O)COc1ccccc1. The van der Waals surface area contributed by atoms with Gasteiger partial charge in [-0.1, -0.05) is 72.8 Å². The number of rotatable bonds is 11. The third-order valence-electron chi connectivity index (χ3n) is 6.17. The van der Waals surface area contributed by atoms with Gasteiger partial charge in [-0.2, -0.15) is 0 Å². The van der Waals surface area contributed by atoms with Crippen LogP contribution in [0, 0.1) is 13.8 Å². The average molecular weight is 509 g/mol.